The summed E-state index contributed by atoms with van der Waals surface area (Å²) in [5.74, 6) is 6.14. The van der Waals surface area contributed by atoms with Gasteiger partial charge in [-0.3, -0.25) is 13.6 Å². The Morgan fingerprint density at radius 3 is 0.635 bits per heavy atom. The molecule has 1 atom stereocenters. The highest BCUT2D eigenvalue weighted by molar-refractivity contribution is 7.43. The number of rotatable bonds is 26. The summed E-state index contributed by atoms with van der Waals surface area (Å²) in [5, 5.41) is 0. The lowest BCUT2D eigenvalue weighted by Gasteiger charge is -2.34. The van der Waals surface area contributed by atoms with Gasteiger partial charge in [-0.15, -0.1) is 0 Å². The summed E-state index contributed by atoms with van der Waals surface area (Å²) < 4.78 is 59.8. The van der Waals surface area contributed by atoms with Gasteiger partial charge in [0.1, 0.15) is 34.5 Å². The fraction of sp³-hybridized carbons (Fsp3) is 0.684. The zero-order valence-electron chi connectivity index (χ0n) is 88.2. The van der Waals surface area contributed by atoms with Crippen molar-refractivity contribution in [2.24, 2.45) is 5.92 Å². The number of hydrogen-bond acceptors (Lipinski definition) is 9. The molecule has 3 heterocycles. The Labute approximate surface area is 777 Å². The molecule has 0 spiro atoms. The van der Waals surface area contributed by atoms with E-state index in [0.717, 1.165) is 66.6 Å². The van der Waals surface area contributed by atoms with Crippen LogP contribution in [-0.2, 0) is 97.8 Å². The fourth-order valence-corrected chi connectivity index (χ4v) is 19.9. The van der Waals surface area contributed by atoms with Crippen molar-refractivity contribution in [3.8, 4) is 34.5 Å². The van der Waals surface area contributed by atoms with Crippen molar-refractivity contribution in [2.45, 2.75) is 483 Å². The highest BCUT2D eigenvalue weighted by atomic mass is 31.2. The monoisotopic (exact) mass is 1790 g/mol. The lowest BCUT2D eigenvalue weighted by atomic mass is 9.76. The highest BCUT2D eigenvalue weighted by Gasteiger charge is 2.41. The van der Waals surface area contributed by atoms with E-state index in [1.165, 1.54) is 216 Å². The quantitative estimate of drug-likeness (QED) is 0.0389. The Balaban J connectivity index is 0.000000265. The molecule has 9 nitrogen and oxygen atoms in total. The summed E-state index contributed by atoms with van der Waals surface area (Å²) in [6, 6.07) is 28.3. The van der Waals surface area contributed by atoms with Gasteiger partial charge >= 0.3 is 25.8 Å². The normalized spacial score (nSPS) is 15.1. The van der Waals surface area contributed by atoms with Crippen LogP contribution >= 0.6 is 25.8 Å². The predicted molar refractivity (Wildman–Crippen MR) is 548 cm³/mol. The second kappa shape index (κ2) is 44.0. The summed E-state index contributed by atoms with van der Waals surface area (Å²) in [6.07, 6.45) is 28.8. The van der Waals surface area contributed by atoms with E-state index in [1.807, 2.05) is 0 Å². The molecule has 0 N–H and O–H groups in total. The van der Waals surface area contributed by atoms with Gasteiger partial charge in [-0.25, -0.2) is 0 Å². The van der Waals surface area contributed by atoms with Crippen molar-refractivity contribution in [1.29, 1.82) is 0 Å². The van der Waals surface area contributed by atoms with Crippen molar-refractivity contribution >= 4 is 25.8 Å². The zero-order valence-corrected chi connectivity index (χ0v) is 90.9. The summed E-state index contributed by atoms with van der Waals surface area (Å²) >= 11 is 0. The van der Waals surface area contributed by atoms with Gasteiger partial charge in [0.25, 0.3) is 0 Å². The minimum absolute atomic E-state index is 0.0228. The van der Waals surface area contributed by atoms with E-state index in [0.29, 0.717) is 19.1 Å². The molecule has 0 fully saturated rings. The molecular weight excluding hydrogens is 1610 g/mol. The highest BCUT2D eigenvalue weighted by Crippen LogP contribution is 2.58. The van der Waals surface area contributed by atoms with Gasteiger partial charge in [-0.05, 0) is 151 Å². The average molecular weight is 1790 g/mol. The SMILES string of the molecule is CCCCC(CC)COP1Oc2c(cc(C(C)(C)C)cc2C(C)(C)C)Cc2cc(C(C)(C)C)cc(C(C)(C)C)c2O1.CCCCCCCCCCCCCCCCCCOP1Oc2c(cc(C(C)(C)C)cc2C(C)(C)C)Cc2cc(C(C)(C)C)cc(C(C)(C)C)c2O1.COP1Oc2c(cc(C(C)(C)C)cc2C(C)(C)C)Cc2cc(C(C)(C)C)cc(C(C)(C)C)c2O1. The molecule has 0 saturated heterocycles. The topological polar surface area (TPSA) is 83.1 Å². The Kier molecular flexibility index (Phi) is 37.8. The average Bonchev–Trinajstić information content (AvgIpc) is 0.722. The first-order chi connectivity index (χ1) is 57.9. The maximum absolute atomic E-state index is 6.93. The van der Waals surface area contributed by atoms with E-state index in [4.69, 9.17) is 40.7 Å². The zero-order chi connectivity index (χ0) is 94.7. The number of benzene rings is 6. The number of unbranched alkanes of at least 4 members (excludes halogenated alkanes) is 16. The summed E-state index contributed by atoms with van der Waals surface area (Å²) in [7, 11) is -3.19. The second-order valence-electron chi connectivity index (χ2n) is 49.9. The largest absolute Gasteiger partial charge is 0.463 e. The molecule has 3 aliphatic heterocycles. The Bertz CT molecular complexity index is 4220. The van der Waals surface area contributed by atoms with Crippen LogP contribution < -0.4 is 27.1 Å². The molecule has 0 radical (unpaired) electrons. The lowest BCUT2D eigenvalue weighted by Crippen LogP contribution is -2.22. The predicted octanol–water partition coefficient (Wildman–Crippen LogP) is 36.6. The van der Waals surface area contributed by atoms with Crippen LogP contribution in [0.1, 0.15) is 499 Å². The molecule has 0 saturated carbocycles. The van der Waals surface area contributed by atoms with E-state index in [-0.39, 0.29) is 65.0 Å². The van der Waals surface area contributed by atoms with E-state index in [9.17, 15) is 0 Å². The molecule has 126 heavy (non-hydrogen) atoms. The number of fused-ring (bicyclic) bond motifs is 6. The van der Waals surface area contributed by atoms with Crippen LogP contribution in [0, 0.1) is 5.92 Å². The lowest BCUT2D eigenvalue weighted by molar-refractivity contribution is 0.205. The molecule has 0 aromatic heterocycles. The third-order valence-electron chi connectivity index (χ3n) is 25.5. The van der Waals surface area contributed by atoms with Crippen LogP contribution in [0.25, 0.3) is 0 Å². The molecule has 708 valence electrons. The van der Waals surface area contributed by atoms with Crippen LogP contribution in [-0.4, -0.2) is 20.3 Å². The maximum Gasteiger partial charge on any atom is 0.463 e. The molecular formula is C114H183O9P3. The number of hydrogen-bond donors (Lipinski definition) is 0. The summed E-state index contributed by atoms with van der Waals surface area (Å²) in [4.78, 5) is 0. The van der Waals surface area contributed by atoms with Crippen molar-refractivity contribution in [3.05, 3.63) is 173 Å². The maximum atomic E-state index is 6.93. The van der Waals surface area contributed by atoms with Crippen LogP contribution in [0.3, 0.4) is 0 Å². The van der Waals surface area contributed by atoms with E-state index in [2.05, 4.69) is 343 Å². The smallest absolute Gasteiger partial charge is 0.417 e. The molecule has 0 amide bonds. The van der Waals surface area contributed by atoms with Crippen molar-refractivity contribution in [1.82, 2.24) is 0 Å². The van der Waals surface area contributed by atoms with Crippen molar-refractivity contribution < 1.29 is 40.7 Å². The van der Waals surface area contributed by atoms with Gasteiger partial charge in [0.05, 0.1) is 13.2 Å². The standard InChI is InChI=1S/C47H79O3P.C37H59O3P.C30H45O3P/c1-14-15-16-17-18-19-20-21-22-23-24-25-26-27-28-29-30-48-51-49-42-36(32-38(44(2,3)4)34-40(42)46(8,9)10)31-37-33-39(45(5,6)7)35-41(43(37)50-51)47(11,12)13;1-15-17-18-25(16-2)24-38-41-39-32-26(20-28(34(3,4)5)22-30(32)36(9,10)11)19-27-21-29(35(6,7)8)23-31(33(27)40-41)37(12,13)14;1-27(2,3)21-15-19-14-20-16-22(28(4,5)6)18-24(30(10,11)12)26(20)33-34(31-13)32-25(19)23(17-21)29(7,8)9/h32-35H,14-31H2,1-13H3;20-23,25H,15-19,24H2,1-14H3;15-18H,14H2,1-13H3. The summed E-state index contributed by atoms with van der Waals surface area (Å²) in [5.41, 5.74) is 22.3. The van der Waals surface area contributed by atoms with Crippen LogP contribution in [0.2, 0.25) is 0 Å². The van der Waals surface area contributed by atoms with Crippen molar-refractivity contribution in [3.63, 3.8) is 0 Å². The first-order valence-electron chi connectivity index (χ1n) is 49.2. The molecule has 6 aromatic carbocycles. The van der Waals surface area contributed by atoms with Crippen LogP contribution in [0.15, 0.2) is 72.8 Å². The Morgan fingerprint density at radius 1 is 0.246 bits per heavy atom. The third-order valence-corrected chi connectivity index (χ3v) is 28.5. The molecule has 0 aliphatic carbocycles. The molecule has 1 unspecified atom stereocenters. The minimum atomic E-state index is -1.64. The second-order valence-corrected chi connectivity index (χ2v) is 53.2. The van der Waals surface area contributed by atoms with E-state index < -0.39 is 25.8 Å². The van der Waals surface area contributed by atoms with Gasteiger partial charge in [-0.1, -0.05) is 458 Å². The van der Waals surface area contributed by atoms with Gasteiger partial charge in [0.2, 0.25) is 0 Å². The molecule has 0 bridgehead atoms. The molecule has 12 heteroatoms. The first kappa shape index (κ1) is 108. The molecule has 3 aliphatic rings. The van der Waals surface area contributed by atoms with Crippen molar-refractivity contribution in [2.75, 3.05) is 20.3 Å². The van der Waals surface area contributed by atoms with Gasteiger partial charge in [-0.2, -0.15) is 0 Å². The van der Waals surface area contributed by atoms with Crippen LogP contribution in [0.4, 0.5) is 0 Å². The van der Waals surface area contributed by atoms with Crippen LogP contribution in [0.5, 0.6) is 34.5 Å². The third kappa shape index (κ3) is 31.2. The van der Waals surface area contributed by atoms with E-state index >= 15 is 0 Å². The minimum Gasteiger partial charge on any atom is -0.417 e. The van der Waals surface area contributed by atoms with Gasteiger partial charge in [0.15, 0.2) is 0 Å². The summed E-state index contributed by atoms with van der Waals surface area (Å²) in [6.45, 7) is 90.4. The van der Waals surface area contributed by atoms with Gasteiger partial charge < -0.3 is 27.1 Å². The Morgan fingerprint density at radius 2 is 0.444 bits per heavy atom. The first-order valence-corrected chi connectivity index (χ1v) is 52.5. The fourth-order valence-electron chi connectivity index (χ4n) is 16.7. The Hall–Kier alpha value is -4.71. The van der Waals surface area contributed by atoms with E-state index in [1.54, 1.807) is 7.11 Å². The molecule has 9 rings (SSSR count). The molecule has 6 aromatic rings. The van der Waals surface area contributed by atoms with Gasteiger partial charge in [0, 0.05) is 59.8 Å².